The number of carboxylic acid groups (broad SMARTS) is 1. The lowest BCUT2D eigenvalue weighted by atomic mass is 10.1. The van der Waals surface area contributed by atoms with Crippen molar-refractivity contribution < 1.29 is 28.2 Å². The van der Waals surface area contributed by atoms with Crippen molar-refractivity contribution in [2.24, 2.45) is 0 Å². The number of hydrogen-bond donors (Lipinski definition) is 3. The van der Waals surface area contributed by atoms with Crippen molar-refractivity contribution in [1.29, 1.82) is 0 Å². The lowest BCUT2D eigenvalue weighted by molar-refractivity contribution is 0.0692. The number of hydrogen-bond acceptors (Lipinski definition) is 6. The molecule has 10 heteroatoms. The van der Waals surface area contributed by atoms with Gasteiger partial charge >= 0.3 is 5.97 Å². The summed E-state index contributed by atoms with van der Waals surface area (Å²) in [6, 6.07) is 17.2. The van der Waals surface area contributed by atoms with Crippen molar-refractivity contribution in [1.82, 2.24) is 5.32 Å². The number of rotatable bonds is 10. The molecular formula is C25H27Cl2NO6S. The first-order valence-electron chi connectivity index (χ1n) is 10.5. The van der Waals surface area contributed by atoms with E-state index in [0.29, 0.717) is 18.0 Å². The number of methoxy groups -OCH3 is 1. The molecule has 35 heavy (non-hydrogen) atoms. The largest absolute Gasteiger partial charge is 0.497 e. The third kappa shape index (κ3) is 7.19. The summed E-state index contributed by atoms with van der Waals surface area (Å²) in [6.07, 6.45) is -0.104. The summed E-state index contributed by atoms with van der Waals surface area (Å²) in [4.78, 5) is 11.3. The summed E-state index contributed by atoms with van der Waals surface area (Å²) >= 11 is 5.97. The van der Waals surface area contributed by atoms with Gasteiger partial charge in [0.25, 0.3) is 0 Å². The quantitative estimate of drug-likeness (QED) is 0.346. The highest BCUT2D eigenvalue weighted by molar-refractivity contribution is 7.91. The average Bonchev–Trinajstić information content (AvgIpc) is 2.82. The lowest BCUT2D eigenvalue weighted by Gasteiger charge is -2.18. The summed E-state index contributed by atoms with van der Waals surface area (Å²) in [7, 11) is -2.66. The lowest BCUT2D eigenvalue weighted by Crippen LogP contribution is -2.32. The van der Waals surface area contributed by atoms with Gasteiger partial charge in [-0.05, 0) is 66.9 Å². The minimum Gasteiger partial charge on any atom is -0.497 e. The summed E-state index contributed by atoms with van der Waals surface area (Å²) in [5.41, 5.74) is 1.27. The molecule has 0 aliphatic carbocycles. The van der Waals surface area contributed by atoms with Crippen LogP contribution in [-0.2, 0) is 16.3 Å². The van der Waals surface area contributed by atoms with Crippen LogP contribution in [0.3, 0.4) is 0 Å². The fourth-order valence-electron chi connectivity index (χ4n) is 3.54. The minimum atomic E-state index is -4.04. The van der Waals surface area contributed by atoms with Crippen LogP contribution in [0.2, 0.25) is 5.02 Å². The molecule has 0 radical (unpaired) electrons. The Kier molecular flexibility index (Phi) is 10.1. The molecule has 3 rings (SSSR count). The first kappa shape index (κ1) is 28.6. The third-order valence-electron chi connectivity index (χ3n) is 5.38. The molecule has 3 N–H and O–H groups in total. The molecule has 3 aromatic carbocycles. The molecule has 2 atom stereocenters. The zero-order valence-electron chi connectivity index (χ0n) is 19.1. The number of carbonyl (C=O) groups is 1. The average molecular weight is 540 g/mol. The molecule has 0 saturated heterocycles. The van der Waals surface area contributed by atoms with E-state index in [1.54, 1.807) is 36.4 Å². The van der Waals surface area contributed by atoms with Crippen molar-refractivity contribution >= 4 is 39.8 Å². The maximum atomic E-state index is 13.1. The van der Waals surface area contributed by atoms with Crippen molar-refractivity contribution in [2.75, 3.05) is 13.7 Å². The highest BCUT2D eigenvalue weighted by Gasteiger charge is 2.25. The molecule has 188 valence electrons. The van der Waals surface area contributed by atoms with Gasteiger partial charge in [0.05, 0.1) is 28.6 Å². The standard InChI is InChI=1S/C25H26ClNO6S.ClH/c1-16(27-15-23(28)18-4-3-5-19(26)13-18)12-17-6-9-21(10-7-17)34(31,32)24-11-8-20(33-2)14-22(24)25(29)30;/h3-11,13-14,16,23,27-28H,12,15H2,1-2H3,(H,29,30);1H/t16-,23+;/m1./s1. The number of halogens is 2. The predicted octanol–water partition coefficient (Wildman–Crippen LogP) is 4.56. The van der Waals surface area contributed by atoms with E-state index in [1.165, 1.54) is 37.4 Å². The first-order valence-corrected chi connectivity index (χ1v) is 12.4. The number of ether oxygens (including phenoxy) is 1. The van der Waals surface area contributed by atoms with Gasteiger partial charge < -0.3 is 20.3 Å². The van der Waals surface area contributed by atoms with E-state index in [1.807, 2.05) is 6.92 Å². The molecule has 0 aliphatic heterocycles. The van der Waals surface area contributed by atoms with E-state index in [9.17, 15) is 23.4 Å². The van der Waals surface area contributed by atoms with E-state index in [-0.39, 0.29) is 39.6 Å². The minimum absolute atomic E-state index is 0. The SMILES string of the molecule is COc1ccc(S(=O)(=O)c2ccc(C[C@@H](C)NC[C@H](O)c3cccc(Cl)c3)cc2)c(C(=O)O)c1.Cl. The molecule has 0 bridgehead atoms. The molecule has 0 aliphatic rings. The number of nitrogens with one attached hydrogen (secondary N) is 1. The number of benzene rings is 3. The van der Waals surface area contributed by atoms with Crippen LogP contribution in [0.25, 0.3) is 0 Å². The molecule has 7 nitrogen and oxygen atoms in total. The van der Waals surface area contributed by atoms with Crippen LogP contribution in [0.15, 0.2) is 76.5 Å². The predicted molar refractivity (Wildman–Crippen MR) is 137 cm³/mol. The Morgan fingerprint density at radius 1 is 1.09 bits per heavy atom. The van der Waals surface area contributed by atoms with Gasteiger partial charge in [0.15, 0.2) is 0 Å². The van der Waals surface area contributed by atoms with Crippen molar-refractivity contribution in [3.05, 3.63) is 88.4 Å². The van der Waals surface area contributed by atoms with Gasteiger partial charge in [-0.25, -0.2) is 13.2 Å². The second-order valence-electron chi connectivity index (χ2n) is 7.90. The monoisotopic (exact) mass is 539 g/mol. The van der Waals surface area contributed by atoms with Crippen LogP contribution in [0.5, 0.6) is 5.75 Å². The van der Waals surface area contributed by atoms with Gasteiger partial charge in [-0.3, -0.25) is 0 Å². The van der Waals surface area contributed by atoms with Crippen LogP contribution < -0.4 is 10.1 Å². The Morgan fingerprint density at radius 2 is 1.77 bits per heavy atom. The van der Waals surface area contributed by atoms with E-state index >= 15 is 0 Å². The van der Waals surface area contributed by atoms with Crippen molar-refractivity contribution in [2.45, 2.75) is 35.3 Å². The van der Waals surface area contributed by atoms with Gasteiger partial charge in [0, 0.05) is 17.6 Å². The second kappa shape index (κ2) is 12.4. The summed E-state index contributed by atoms with van der Waals surface area (Å²) < 4.78 is 31.2. The summed E-state index contributed by atoms with van der Waals surface area (Å²) in [6.45, 7) is 2.30. The van der Waals surface area contributed by atoms with Gasteiger partial charge in [-0.15, -0.1) is 12.4 Å². The molecule has 0 saturated carbocycles. The molecule has 0 heterocycles. The van der Waals surface area contributed by atoms with Gasteiger partial charge in [-0.2, -0.15) is 0 Å². The molecule has 0 amide bonds. The molecule has 0 aromatic heterocycles. The fourth-order valence-corrected chi connectivity index (χ4v) is 5.17. The molecule has 3 aromatic rings. The number of aromatic carboxylic acids is 1. The Balaban J connectivity index is 0.00000432. The smallest absolute Gasteiger partial charge is 0.337 e. The molecule has 0 fully saturated rings. The van der Waals surface area contributed by atoms with E-state index in [2.05, 4.69) is 5.32 Å². The summed E-state index contributed by atoms with van der Waals surface area (Å²) in [5.74, 6) is -1.09. The highest BCUT2D eigenvalue weighted by Crippen LogP contribution is 2.28. The van der Waals surface area contributed by atoms with Crippen LogP contribution in [-0.4, -0.2) is 44.3 Å². The zero-order valence-corrected chi connectivity index (χ0v) is 21.5. The molecule has 0 unspecified atom stereocenters. The molecular weight excluding hydrogens is 513 g/mol. The topological polar surface area (TPSA) is 113 Å². The number of aliphatic hydroxyl groups is 1. The van der Waals surface area contributed by atoms with E-state index in [0.717, 1.165) is 11.1 Å². The van der Waals surface area contributed by atoms with Crippen LogP contribution in [0, 0.1) is 0 Å². The molecule has 0 spiro atoms. The Labute approximate surface area is 216 Å². The Hall–Kier alpha value is -2.62. The van der Waals surface area contributed by atoms with Crippen molar-refractivity contribution in [3.63, 3.8) is 0 Å². The fraction of sp³-hybridized carbons (Fsp3) is 0.240. The third-order valence-corrected chi connectivity index (χ3v) is 7.44. The van der Waals surface area contributed by atoms with Crippen LogP contribution in [0.1, 0.15) is 34.5 Å². The van der Waals surface area contributed by atoms with Gasteiger partial charge in [-0.1, -0.05) is 35.9 Å². The van der Waals surface area contributed by atoms with Gasteiger partial charge in [0.2, 0.25) is 9.84 Å². The summed E-state index contributed by atoms with van der Waals surface area (Å²) in [5, 5.41) is 23.6. The second-order valence-corrected chi connectivity index (χ2v) is 10.3. The van der Waals surface area contributed by atoms with Crippen molar-refractivity contribution in [3.8, 4) is 5.75 Å². The Morgan fingerprint density at radius 3 is 2.37 bits per heavy atom. The van der Waals surface area contributed by atoms with Crippen LogP contribution >= 0.6 is 24.0 Å². The van der Waals surface area contributed by atoms with Crippen LogP contribution in [0.4, 0.5) is 0 Å². The maximum Gasteiger partial charge on any atom is 0.337 e. The normalized spacial score (nSPS) is 12.9. The first-order chi connectivity index (χ1) is 16.1. The van der Waals surface area contributed by atoms with Gasteiger partial charge in [0.1, 0.15) is 5.75 Å². The van der Waals surface area contributed by atoms with E-state index < -0.39 is 21.9 Å². The van der Waals surface area contributed by atoms with E-state index in [4.69, 9.17) is 16.3 Å². The highest BCUT2D eigenvalue weighted by atomic mass is 35.5. The number of carboxylic acids is 1. The number of aliphatic hydroxyl groups excluding tert-OH is 1. The number of sulfone groups is 1. The Bertz CT molecular complexity index is 1270. The maximum absolute atomic E-state index is 13.1. The zero-order chi connectivity index (χ0) is 24.9.